The Kier molecular flexibility index (Phi) is 7.80. The molecule has 0 atom stereocenters. The van der Waals surface area contributed by atoms with Crippen LogP contribution in [0, 0.1) is 0 Å². The van der Waals surface area contributed by atoms with Crippen molar-refractivity contribution in [1.82, 2.24) is 30.4 Å². The third kappa shape index (κ3) is 5.94. The first-order valence-corrected chi connectivity index (χ1v) is 11.5. The van der Waals surface area contributed by atoms with Crippen LogP contribution in [-0.2, 0) is 32.1 Å². The molecule has 12 heteroatoms. The van der Waals surface area contributed by atoms with Gasteiger partial charge in [0.1, 0.15) is 0 Å². The lowest BCUT2D eigenvalue weighted by molar-refractivity contribution is -0.215. The average Bonchev–Trinajstić information content (AvgIpc) is 3.50. The van der Waals surface area contributed by atoms with Crippen LogP contribution in [0.25, 0.3) is 11.1 Å². The minimum absolute atomic E-state index is 0.237. The molecule has 2 aromatic rings. The van der Waals surface area contributed by atoms with Gasteiger partial charge in [-0.25, -0.2) is 9.59 Å². The minimum atomic E-state index is -1.10. The number of hydroxylamine groups is 4. The Bertz CT molecular complexity index is 989. The predicted octanol–water partition coefficient (Wildman–Crippen LogP) is 2.15. The molecule has 182 valence electrons. The topological polar surface area (TPSA) is 137 Å². The summed E-state index contributed by atoms with van der Waals surface area (Å²) < 4.78 is 10.6. The summed E-state index contributed by atoms with van der Waals surface area (Å²) in [6.07, 6.45) is 8.39. The third-order valence-corrected chi connectivity index (χ3v) is 5.26. The predicted molar refractivity (Wildman–Crippen MR) is 117 cm³/mol. The molecule has 0 aromatic carbocycles. The van der Waals surface area contributed by atoms with E-state index in [9.17, 15) is 9.59 Å². The Morgan fingerprint density at radius 1 is 0.824 bits per heavy atom. The number of hydrogen-bond donors (Lipinski definition) is 0. The monoisotopic (exact) mass is 472 g/mol. The van der Waals surface area contributed by atoms with Crippen LogP contribution >= 0.6 is 0 Å². The van der Waals surface area contributed by atoms with Gasteiger partial charge in [0.05, 0.1) is 13.1 Å². The van der Waals surface area contributed by atoms with Gasteiger partial charge in [-0.05, 0) is 25.7 Å². The molecule has 0 N–H and O–H groups in total. The van der Waals surface area contributed by atoms with Crippen molar-refractivity contribution in [3.8, 4) is 0 Å². The van der Waals surface area contributed by atoms with Crippen molar-refractivity contribution < 1.29 is 28.3 Å². The molecule has 0 amide bonds. The summed E-state index contributed by atoms with van der Waals surface area (Å²) >= 11 is 0. The SMILES string of the molecule is CCCc1noc(C2=CCCN(OC(=O)C(=O)ON3CCC=C(c4nc(CCC)no4)C3)C2)n1. The van der Waals surface area contributed by atoms with Crippen LogP contribution in [0.2, 0.25) is 0 Å². The van der Waals surface area contributed by atoms with Crippen LogP contribution in [0.3, 0.4) is 0 Å². The Morgan fingerprint density at radius 3 is 1.68 bits per heavy atom. The van der Waals surface area contributed by atoms with Crippen molar-refractivity contribution in [2.24, 2.45) is 0 Å². The molecule has 2 aliphatic rings. The molecular weight excluding hydrogens is 444 g/mol. The highest BCUT2D eigenvalue weighted by molar-refractivity contribution is 6.29. The van der Waals surface area contributed by atoms with Crippen LogP contribution in [0.1, 0.15) is 63.0 Å². The Morgan fingerprint density at radius 2 is 1.26 bits per heavy atom. The molecule has 0 radical (unpaired) electrons. The third-order valence-electron chi connectivity index (χ3n) is 5.26. The first-order chi connectivity index (χ1) is 16.6. The van der Waals surface area contributed by atoms with E-state index in [2.05, 4.69) is 20.3 Å². The van der Waals surface area contributed by atoms with Gasteiger partial charge in [0, 0.05) is 37.1 Å². The fourth-order valence-corrected chi connectivity index (χ4v) is 3.63. The number of rotatable bonds is 8. The van der Waals surface area contributed by atoms with Crippen molar-refractivity contribution in [3.63, 3.8) is 0 Å². The summed E-state index contributed by atoms with van der Waals surface area (Å²) in [6, 6.07) is 0. The summed E-state index contributed by atoms with van der Waals surface area (Å²) in [5.74, 6) is -0.151. The van der Waals surface area contributed by atoms with Gasteiger partial charge in [0.2, 0.25) is 0 Å². The van der Waals surface area contributed by atoms with Gasteiger partial charge in [0.15, 0.2) is 11.6 Å². The number of hydrogen-bond acceptors (Lipinski definition) is 12. The smallest absolute Gasteiger partial charge is 0.359 e. The first kappa shape index (κ1) is 23.8. The number of aromatic nitrogens is 4. The van der Waals surface area contributed by atoms with Gasteiger partial charge in [-0.2, -0.15) is 9.97 Å². The maximum atomic E-state index is 12.4. The first-order valence-electron chi connectivity index (χ1n) is 11.5. The van der Waals surface area contributed by atoms with E-state index >= 15 is 0 Å². The maximum absolute atomic E-state index is 12.4. The second-order valence-electron chi connectivity index (χ2n) is 8.05. The highest BCUT2D eigenvalue weighted by atomic mass is 16.8. The average molecular weight is 473 g/mol. The van der Waals surface area contributed by atoms with Crippen molar-refractivity contribution in [2.45, 2.75) is 52.4 Å². The molecule has 0 bridgehead atoms. The molecule has 4 heterocycles. The van der Waals surface area contributed by atoms with E-state index in [0.29, 0.717) is 49.4 Å². The molecule has 0 saturated carbocycles. The lowest BCUT2D eigenvalue weighted by Crippen LogP contribution is -2.39. The molecule has 34 heavy (non-hydrogen) atoms. The maximum Gasteiger partial charge on any atom is 0.438 e. The molecule has 2 aromatic heterocycles. The highest BCUT2D eigenvalue weighted by Gasteiger charge is 2.29. The summed E-state index contributed by atoms with van der Waals surface area (Å²) in [6.45, 7) is 5.41. The van der Waals surface area contributed by atoms with Crippen LogP contribution < -0.4 is 0 Å². The number of nitrogens with zero attached hydrogens (tertiary/aromatic N) is 6. The molecule has 4 rings (SSSR count). The fourth-order valence-electron chi connectivity index (χ4n) is 3.63. The van der Waals surface area contributed by atoms with Gasteiger partial charge in [-0.1, -0.05) is 36.3 Å². The minimum Gasteiger partial charge on any atom is -0.359 e. The second kappa shape index (κ2) is 11.2. The van der Waals surface area contributed by atoms with Crippen molar-refractivity contribution >= 4 is 23.1 Å². The van der Waals surface area contributed by atoms with E-state index < -0.39 is 11.9 Å². The van der Waals surface area contributed by atoms with E-state index in [1.807, 2.05) is 26.0 Å². The Labute approximate surface area is 196 Å². The van der Waals surface area contributed by atoms with E-state index in [1.165, 1.54) is 10.1 Å². The normalized spacial score (nSPS) is 17.2. The highest BCUT2D eigenvalue weighted by Crippen LogP contribution is 2.21. The zero-order chi connectivity index (χ0) is 23.9. The molecule has 2 aliphatic heterocycles. The van der Waals surface area contributed by atoms with Crippen molar-refractivity contribution in [2.75, 3.05) is 26.2 Å². The molecular formula is C22H28N6O6. The second-order valence-corrected chi connectivity index (χ2v) is 8.05. The van der Waals surface area contributed by atoms with Crippen LogP contribution in [0.4, 0.5) is 0 Å². The largest absolute Gasteiger partial charge is 0.438 e. The fraction of sp³-hybridized carbons (Fsp3) is 0.545. The van der Waals surface area contributed by atoms with Gasteiger partial charge >= 0.3 is 11.9 Å². The molecule has 0 saturated heterocycles. The van der Waals surface area contributed by atoms with E-state index in [-0.39, 0.29) is 13.1 Å². The molecule has 0 aliphatic carbocycles. The van der Waals surface area contributed by atoms with E-state index in [1.54, 1.807) is 0 Å². The lowest BCUT2D eigenvalue weighted by Gasteiger charge is -2.26. The molecule has 0 unspecified atom stereocenters. The molecule has 12 nitrogen and oxygen atoms in total. The zero-order valence-corrected chi connectivity index (χ0v) is 19.4. The van der Waals surface area contributed by atoms with Crippen LogP contribution in [-0.4, -0.2) is 68.5 Å². The van der Waals surface area contributed by atoms with E-state index in [4.69, 9.17) is 18.7 Å². The summed E-state index contributed by atoms with van der Waals surface area (Å²) in [5, 5.41) is 10.7. The van der Waals surface area contributed by atoms with E-state index in [0.717, 1.165) is 36.8 Å². The number of aryl methyl sites for hydroxylation is 2. The summed E-state index contributed by atoms with van der Waals surface area (Å²) in [5.41, 5.74) is 1.49. The van der Waals surface area contributed by atoms with Crippen LogP contribution in [0.15, 0.2) is 21.2 Å². The van der Waals surface area contributed by atoms with Crippen molar-refractivity contribution in [1.29, 1.82) is 0 Å². The number of carbonyl (C=O) groups is 2. The molecule has 0 fully saturated rings. The lowest BCUT2D eigenvalue weighted by atomic mass is 10.1. The summed E-state index contributed by atoms with van der Waals surface area (Å²) in [7, 11) is 0. The van der Waals surface area contributed by atoms with Gasteiger partial charge in [-0.3, -0.25) is 0 Å². The van der Waals surface area contributed by atoms with Gasteiger partial charge in [0.25, 0.3) is 11.8 Å². The van der Waals surface area contributed by atoms with Crippen LogP contribution in [0.5, 0.6) is 0 Å². The summed E-state index contributed by atoms with van der Waals surface area (Å²) in [4.78, 5) is 43.9. The quantitative estimate of drug-likeness (QED) is 0.520. The van der Waals surface area contributed by atoms with Gasteiger partial charge in [-0.15, -0.1) is 10.1 Å². The molecule has 0 spiro atoms. The Hall–Kier alpha value is -3.38. The number of carbonyl (C=O) groups excluding carboxylic acids is 2. The van der Waals surface area contributed by atoms with Gasteiger partial charge < -0.3 is 18.7 Å². The Balaban J connectivity index is 1.27. The van der Waals surface area contributed by atoms with Crippen molar-refractivity contribution in [3.05, 3.63) is 35.6 Å². The standard InChI is InChI=1S/C22H28N6O6/c1-3-7-17-23-19(31-25-17)15-9-5-11-27(13-15)33-21(29)22(30)34-28-12-6-10-16(14-28)20-24-18(8-4-2)26-32-20/h9-10H,3-8,11-14H2,1-2H3. The zero-order valence-electron chi connectivity index (χ0n) is 19.4.